The number of carboxylic acid groups (broad SMARTS) is 1. The standard InChI is InChI=1S/C13H17NO4/c1-7-5-14(6-11(7)13(16)17)12(15)10-4-8(2)18-9(10)3/h4,7,11H,5-6H2,1-3H3,(H,16,17). The highest BCUT2D eigenvalue weighted by Gasteiger charge is 2.37. The van der Waals surface area contributed by atoms with Gasteiger partial charge in [0, 0.05) is 13.1 Å². The first-order chi connectivity index (χ1) is 8.40. The molecule has 1 aromatic heterocycles. The van der Waals surface area contributed by atoms with Crippen molar-refractivity contribution >= 4 is 11.9 Å². The van der Waals surface area contributed by atoms with Gasteiger partial charge >= 0.3 is 5.97 Å². The summed E-state index contributed by atoms with van der Waals surface area (Å²) in [5, 5.41) is 9.06. The number of amides is 1. The quantitative estimate of drug-likeness (QED) is 0.868. The summed E-state index contributed by atoms with van der Waals surface area (Å²) in [6.07, 6.45) is 0. The Morgan fingerprint density at radius 1 is 1.39 bits per heavy atom. The molecule has 98 valence electrons. The van der Waals surface area contributed by atoms with E-state index in [0.29, 0.717) is 23.6 Å². The fourth-order valence-electron chi connectivity index (χ4n) is 2.47. The lowest BCUT2D eigenvalue weighted by Crippen LogP contribution is -2.30. The molecule has 5 heteroatoms. The Balaban J connectivity index is 2.17. The minimum absolute atomic E-state index is 0.0141. The van der Waals surface area contributed by atoms with Gasteiger partial charge in [-0.1, -0.05) is 6.92 Å². The summed E-state index contributed by atoms with van der Waals surface area (Å²) in [6.45, 7) is 6.16. The van der Waals surface area contributed by atoms with E-state index in [9.17, 15) is 9.59 Å². The predicted octanol–water partition coefficient (Wildman–Crippen LogP) is 1.69. The van der Waals surface area contributed by atoms with Gasteiger partial charge in [-0.2, -0.15) is 0 Å². The number of hydrogen-bond acceptors (Lipinski definition) is 3. The van der Waals surface area contributed by atoms with Gasteiger partial charge in [0.25, 0.3) is 5.91 Å². The molecule has 0 spiro atoms. The molecule has 0 bridgehead atoms. The Kier molecular flexibility index (Phi) is 3.15. The number of carbonyl (C=O) groups excluding carboxylic acids is 1. The van der Waals surface area contributed by atoms with Crippen LogP contribution >= 0.6 is 0 Å². The van der Waals surface area contributed by atoms with E-state index >= 15 is 0 Å². The predicted molar refractivity (Wildman–Crippen MR) is 64.4 cm³/mol. The molecule has 2 heterocycles. The van der Waals surface area contributed by atoms with Crippen LogP contribution in [0.25, 0.3) is 0 Å². The number of aliphatic carboxylic acids is 1. The van der Waals surface area contributed by atoms with Crippen molar-refractivity contribution in [3.05, 3.63) is 23.2 Å². The van der Waals surface area contributed by atoms with E-state index in [0.717, 1.165) is 0 Å². The van der Waals surface area contributed by atoms with Crippen LogP contribution in [0.15, 0.2) is 10.5 Å². The maximum Gasteiger partial charge on any atom is 0.308 e. The van der Waals surface area contributed by atoms with Crippen molar-refractivity contribution < 1.29 is 19.1 Å². The number of nitrogens with zero attached hydrogens (tertiary/aromatic N) is 1. The first-order valence-electron chi connectivity index (χ1n) is 5.99. The van der Waals surface area contributed by atoms with Gasteiger partial charge in [0.05, 0.1) is 11.5 Å². The average Bonchev–Trinajstić information content (AvgIpc) is 2.81. The summed E-state index contributed by atoms with van der Waals surface area (Å²) in [4.78, 5) is 24.9. The number of carboxylic acids is 1. The normalized spacial score (nSPS) is 23.4. The van der Waals surface area contributed by atoms with Gasteiger partial charge in [0.2, 0.25) is 0 Å². The number of likely N-dealkylation sites (tertiary alicyclic amines) is 1. The zero-order valence-electron chi connectivity index (χ0n) is 10.8. The second-order valence-corrected chi connectivity index (χ2v) is 4.96. The first kappa shape index (κ1) is 12.7. The smallest absolute Gasteiger partial charge is 0.308 e. The molecule has 1 aromatic rings. The molecule has 2 rings (SSSR count). The molecule has 2 unspecified atom stereocenters. The van der Waals surface area contributed by atoms with Crippen LogP contribution in [-0.2, 0) is 4.79 Å². The molecule has 1 aliphatic rings. The maximum atomic E-state index is 12.3. The number of rotatable bonds is 2. The Hall–Kier alpha value is -1.78. The molecule has 2 atom stereocenters. The lowest BCUT2D eigenvalue weighted by molar-refractivity contribution is -0.142. The van der Waals surface area contributed by atoms with Crippen molar-refractivity contribution in [2.75, 3.05) is 13.1 Å². The highest BCUT2D eigenvalue weighted by atomic mass is 16.4. The third-order valence-electron chi connectivity index (χ3n) is 3.49. The van der Waals surface area contributed by atoms with Crippen LogP contribution in [0.1, 0.15) is 28.8 Å². The van der Waals surface area contributed by atoms with Crippen LogP contribution in [0.2, 0.25) is 0 Å². The van der Waals surface area contributed by atoms with Gasteiger partial charge in [0.15, 0.2) is 0 Å². The third-order valence-corrected chi connectivity index (χ3v) is 3.49. The van der Waals surface area contributed by atoms with Crippen LogP contribution in [-0.4, -0.2) is 35.0 Å². The Morgan fingerprint density at radius 3 is 2.50 bits per heavy atom. The number of carbonyl (C=O) groups is 2. The monoisotopic (exact) mass is 251 g/mol. The first-order valence-corrected chi connectivity index (χ1v) is 5.99. The van der Waals surface area contributed by atoms with Crippen molar-refractivity contribution in [2.45, 2.75) is 20.8 Å². The number of aryl methyl sites for hydroxylation is 2. The second kappa shape index (κ2) is 4.48. The summed E-state index contributed by atoms with van der Waals surface area (Å²) in [5.41, 5.74) is 0.533. The Labute approximate surface area is 105 Å². The molecule has 5 nitrogen and oxygen atoms in total. The summed E-state index contributed by atoms with van der Waals surface area (Å²) < 4.78 is 5.33. The van der Waals surface area contributed by atoms with Crippen LogP contribution < -0.4 is 0 Å². The molecule has 1 saturated heterocycles. The molecule has 1 aliphatic heterocycles. The van der Waals surface area contributed by atoms with Gasteiger partial charge in [-0.3, -0.25) is 9.59 Å². The van der Waals surface area contributed by atoms with Gasteiger partial charge in [0.1, 0.15) is 11.5 Å². The minimum Gasteiger partial charge on any atom is -0.481 e. The van der Waals surface area contributed by atoms with E-state index in [4.69, 9.17) is 9.52 Å². The van der Waals surface area contributed by atoms with Gasteiger partial charge < -0.3 is 14.4 Å². The van der Waals surface area contributed by atoms with Gasteiger partial charge in [-0.15, -0.1) is 0 Å². The average molecular weight is 251 g/mol. The van der Waals surface area contributed by atoms with E-state index in [1.165, 1.54) is 0 Å². The van der Waals surface area contributed by atoms with Gasteiger partial charge in [-0.05, 0) is 25.8 Å². The highest BCUT2D eigenvalue weighted by molar-refractivity contribution is 5.95. The fraction of sp³-hybridized carbons (Fsp3) is 0.538. The van der Waals surface area contributed by atoms with Crippen LogP contribution in [0.5, 0.6) is 0 Å². The lowest BCUT2D eigenvalue weighted by Gasteiger charge is -2.15. The van der Waals surface area contributed by atoms with Crippen molar-refractivity contribution in [2.24, 2.45) is 11.8 Å². The lowest BCUT2D eigenvalue weighted by atomic mass is 9.99. The van der Waals surface area contributed by atoms with E-state index < -0.39 is 11.9 Å². The molecule has 0 aliphatic carbocycles. The largest absolute Gasteiger partial charge is 0.481 e. The topological polar surface area (TPSA) is 70.8 Å². The van der Waals surface area contributed by atoms with Gasteiger partial charge in [-0.25, -0.2) is 0 Å². The summed E-state index contributed by atoms with van der Waals surface area (Å²) in [7, 11) is 0. The van der Waals surface area contributed by atoms with Crippen molar-refractivity contribution in [1.29, 1.82) is 0 Å². The number of furan rings is 1. The second-order valence-electron chi connectivity index (χ2n) is 4.96. The molecule has 0 saturated carbocycles. The van der Waals surface area contributed by atoms with E-state index in [2.05, 4.69) is 0 Å². The maximum absolute atomic E-state index is 12.3. The number of hydrogen-bond donors (Lipinski definition) is 1. The highest BCUT2D eigenvalue weighted by Crippen LogP contribution is 2.26. The van der Waals surface area contributed by atoms with E-state index in [1.807, 2.05) is 6.92 Å². The van der Waals surface area contributed by atoms with E-state index in [-0.39, 0.29) is 18.4 Å². The summed E-state index contributed by atoms with van der Waals surface area (Å²) in [5.74, 6) is -0.179. The molecule has 1 N–H and O–H groups in total. The molecular formula is C13H17NO4. The molecule has 18 heavy (non-hydrogen) atoms. The Morgan fingerprint density at radius 2 is 2.06 bits per heavy atom. The van der Waals surface area contributed by atoms with Crippen molar-refractivity contribution in [3.8, 4) is 0 Å². The van der Waals surface area contributed by atoms with Crippen LogP contribution in [0.4, 0.5) is 0 Å². The fourth-order valence-corrected chi connectivity index (χ4v) is 2.47. The zero-order chi connectivity index (χ0) is 13.4. The summed E-state index contributed by atoms with van der Waals surface area (Å²) in [6, 6.07) is 1.70. The van der Waals surface area contributed by atoms with Crippen LogP contribution in [0, 0.1) is 25.7 Å². The molecule has 0 radical (unpaired) electrons. The van der Waals surface area contributed by atoms with Crippen molar-refractivity contribution in [1.82, 2.24) is 4.90 Å². The Bertz CT molecular complexity index is 491. The molecule has 1 fully saturated rings. The van der Waals surface area contributed by atoms with Crippen LogP contribution in [0.3, 0.4) is 0 Å². The SMILES string of the molecule is Cc1cc(C(=O)N2CC(C)C(C(=O)O)C2)c(C)o1. The zero-order valence-corrected chi connectivity index (χ0v) is 10.8. The molecule has 0 aromatic carbocycles. The molecule has 1 amide bonds. The van der Waals surface area contributed by atoms with Crippen molar-refractivity contribution in [3.63, 3.8) is 0 Å². The van der Waals surface area contributed by atoms with E-state index in [1.54, 1.807) is 24.8 Å². The third kappa shape index (κ3) is 2.12. The molecular weight excluding hydrogens is 234 g/mol. The summed E-state index contributed by atoms with van der Waals surface area (Å²) >= 11 is 0. The minimum atomic E-state index is -0.835.